The van der Waals surface area contributed by atoms with Crippen LogP contribution in [0.5, 0.6) is 0 Å². The molecule has 4 rings (SSSR count). The Balaban J connectivity index is 0.000000970. The zero-order chi connectivity index (χ0) is 20.9. The van der Waals surface area contributed by atoms with Crippen LogP contribution in [0.2, 0.25) is 0 Å². The smallest absolute Gasteiger partial charge is 0.199 e. The van der Waals surface area contributed by atoms with Crippen molar-refractivity contribution in [3.05, 3.63) is 17.6 Å². The highest BCUT2D eigenvalue weighted by Gasteiger charge is 2.55. The second-order valence-corrected chi connectivity index (χ2v) is 9.09. The summed E-state index contributed by atoms with van der Waals surface area (Å²) in [6.45, 7) is 14.8. The number of hydrogen-bond donors (Lipinski definition) is 0. The second-order valence-electron chi connectivity index (χ2n) is 9.09. The Kier molecular flexibility index (Phi) is 5.28. The van der Waals surface area contributed by atoms with Gasteiger partial charge in [0.15, 0.2) is 5.82 Å². The van der Waals surface area contributed by atoms with Crippen LogP contribution in [0.4, 0.5) is 0 Å². The van der Waals surface area contributed by atoms with Crippen LogP contribution < -0.4 is 0 Å². The number of carbonyl (C=O) groups is 1. The molecule has 0 aromatic carbocycles. The molecule has 28 heavy (non-hydrogen) atoms. The fourth-order valence-corrected chi connectivity index (χ4v) is 5.29. The third-order valence-electron chi connectivity index (χ3n) is 6.85. The lowest BCUT2D eigenvalue weighted by Gasteiger charge is -2.51. The summed E-state index contributed by atoms with van der Waals surface area (Å²) in [5.41, 5.74) is 3.14. The van der Waals surface area contributed by atoms with Gasteiger partial charge in [0.2, 0.25) is 0 Å². The van der Waals surface area contributed by atoms with E-state index < -0.39 is 0 Å². The van der Waals surface area contributed by atoms with Crippen molar-refractivity contribution in [1.29, 1.82) is 0 Å². The van der Waals surface area contributed by atoms with E-state index in [-0.39, 0.29) is 18.3 Å². The van der Waals surface area contributed by atoms with Crippen molar-refractivity contribution in [3.8, 4) is 11.5 Å². The van der Waals surface area contributed by atoms with Crippen LogP contribution in [0.3, 0.4) is 0 Å². The predicted octanol–water partition coefficient (Wildman–Crippen LogP) is 4.74. The predicted molar refractivity (Wildman–Crippen MR) is 113 cm³/mol. The highest BCUT2D eigenvalue weighted by atomic mass is 16.1. The molecule has 2 aromatic heterocycles. The molecule has 0 saturated heterocycles. The molecule has 2 aromatic rings. The van der Waals surface area contributed by atoms with Crippen molar-refractivity contribution in [2.45, 2.75) is 85.6 Å². The maximum Gasteiger partial charge on any atom is 0.199 e. The van der Waals surface area contributed by atoms with Gasteiger partial charge in [0.1, 0.15) is 17.8 Å². The van der Waals surface area contributed by atoms with E-state index in [4.69, 9.17) is 5.10 Å². The van der Waals surface area contributed by atoms with Crippen molar-refractivity contribution in [2.24, 2.45) is 18.4 Å². The number of aromatic nitrogens is 5. The maximum absolute atomic E-state index is 12.5. The molecular weight excluding hydrogens is 350 g/mol. The molecule has 0 aliphatic heterocycles. The van der Waals surface area contributed by atoms with Crippen molar-refractivity contribution >= 4 is 5.78 Å². The van der Waals surface area contributed by atoms with Crippen molar-refractivity contribution < 1.29 is 6.22 Å². The van der Waals surface area contributed by atoms with E-state index in [0.717, 1.165) is 36.5 Å². The summed E-state index contributed by atoms with van der Waals surface area (Å²) in [4.78, 5) is 17.1. The molecule has 2 atom stereocenters. The van der Waals surface area contributed by atoms with Gasteiger partial charge in [0.25, 0.3) is 0 Å². The molecule has 0 amide bonds. The van der Waals surface area contributed by atoms with E-state index in [1.807, 2.05) is 30.3 Å². The van der Waals surface area contributed by atoms with Crippen molar-refractivity contribution in [3.63, 3.8) is 0 Å². The summed E-state index contributed by atoms with van der Waals surface area (Å²) in [5.74, 6) is 1.49. The highest BCUT2D eigenvalue weighted by Crippen LogP contribution is 2.56. The van der Waals surface area contributed by atoms with Gasteiger partial charge in [0, 0.05) is 37.3 Å². The lowest BCUT2D eigenvalue weighted by molar-refractivity contribution is -0.137. The minimum Gasteiger partial charge on any atom is -0.299 e. The summed E-state index contributed by atoms with van der Waals surface area (Å²) in [5, 5.41) is 9.62. The van der Waals surface area contributed by atoms with Crippen LogP contribution in [0.1, 0.15) is 86.5 Å². The Hall–Kier alpha value is -1.98. The summed E-state index contributed by atoms with van der Waals surface area (Å²) in [6.07, 6.45) is 5.29. The first kappa shape index (κ1) is 20.7. The monoisotopic (exact) mass is 387 g/mol. The van der Waals surface area contributed by atoms with E-state index in [2.05, 4.69) is 44.7 Å². The molecule has 0 radical (unpaired) electrons. The Morgan fingerprint density at radius 2 is 1.86 bits per heavy atom. The first-order valence-electron chi connectivity index (χ1n) is 10.7. The van der Waals surface area contributed by atoms with Crippen molar-refractivity contribution in [1.82, 2.24) is 24.5 Å². The molecule has 2 heterocycles. The topological polar surface area (TPSA) is 65.6 Å². The van der Waals surface area contributed by atoms with Crippen molar-refractivity contribution in [2.75, 3.05) is 0 Å². The SMILES string of the molecule is CC.CC(C)n1cnc(-c2c3c(nn2C)C2(C)CCC(=O)C(C)(C)C2CC3)n1.[HH]. The molecule has 1 saturated carbocycles. The fraction of sp³-hybridized carbons (Fsp3) is 0.727. The summed E-state index contributed by atoms with van der Waals surface area (Å²) in [7, 11) is 1.99. The first-order valence-corrected chi connectivity index (χ1v) is 10.7. The lowest BCUT2D eigenvalue weighted by atomic mass is 9.51. The molecule has 0 N–H and O–H groups in total. The molecule has 156 valence electrons. The van der Waals surface area contributed by atoms with Gasteiger partial charge in [-0.25, -0.2) is 9.67 Å². The number of nitrogens with zero attached hydrogens (tertiary/aromatic N) is 5. The van der Waals surface area contributed by atoms with Gasteiger partial charge in [-0.05, 0) is 39.0 Å². The van der Waals surface area contributed by atoms with Crippen LogP contribution >= 0.6 is 0 Å². The Morgan fingerprint density at radius 1 is 1.18 bits per heavy atom. The molecule has 2 aliphatic carbocycles. The Morgan fingerprint density at radius 3 is 2.46 bits per heavy atom. The molecule has 6 heteroatoms. The summed E-state index contributed by atoms with van der Waals surface area (Å²) >= 11 is 0. The zero-order valence-electron chi connectivity index (χ0n) is 18.7. The third-order valence-corrected chi connectivity index (χ3v) is 6.85. The number of carbonyl (C=O) groups excluding carboxylic acids is 1. The molecule has 2 unspecified atom stereocenters. The standard InChI is InChI=1S/C20H29N5O.C2H6.H2/c1-12(2)25-11-21-18(23-25)16-13-7-8-14-19(3,4)15(26)9-10-20(14,5)17(13)22-24(16)6;1-2;/h11-12,14H,7-10H2,1-6H3;1-2H3;1H. The van der Waals surface area contributed by atoms with Gasteiger partial charge < -0.3 is 0 Å². The first-order chi connectivity index (χ1) is 13.2. The average Bonchev–Trinajstić information content (AvgIpc) is 3.25. The lowest BCUT2D eigenvalue weighted by Crippen LogP contribution is -2.52. The summed E-state index contributed by atoms with van der Waals surface area (Å²) < 4.78 is 3.84. The number of fused-ring (bicyclic) bond motifs is 3. The van der Waals surface area contributed by atoms with Gasteiger partial charge in [-0.1, -0.05) is 34.6 Å². The fourth-order valence-electron chi connectivity index (χ4n) is 5.29. The number of hydrogen-bond acceptors (Lipinski definition) is 4. The van der Waals surface area contributed by atoms with Gasteiger partial charge in [0.05, 0.1) is 5.69 Å². The maximum atomic E-state index is 12.5. The molecule has 0 bridgehead atoms. The molecule has 0 spiro atoms. The van der Waals surface area contributed by atoms with Crippen LogP contribution in [-0.4, -0.2) is 30.3 Å². The van der Waals surface area contributed by atoms with E-state index >= 15 is 0 Å². The van der Waals surface area contributed by atoms with Gasteiger partial charge >= 0.3 is 0 Å². The van der Waals surface area contributed by atoms with Gasteiger partial charge in [-0.2, -0.15) is 5.10 Å². The second kappa shape index (κ2) is 7.12. The average molecular weight is 388 g/mol. The highest BCUT2D eigenvalue weighted by molar-refractivity contribution is 5.86. The minimum atomic E-state index is -0.278. The molecule has 1 fully saturated rings. The van der Waals surface area contributed by atoms with E-state index in [0.29, 0.717) is 18.1 Å². The third kappa shape index (κ3) is 2.92. The summed E-state index contributed by atoms with van der Waals surface area (Å²) in [6, 6.07) is 0.285. The van der Waals surface area contributed by atoms with E-state index in [1.165, 1.54) is 5.56 Å². The van der Waals surface area contributed by atoms with Crippen LogP contribution in [0, 0.1) is 11.3 Å². The molecule has 6 nitrogen and oxygen atoms in total. The minimum absolute atomic E-state index is 0. The van der Waals surface area contributed by atoms with Gasteiger partial charge in [-0.15, -0.1) is 5.10 Å². The number of aryl methyl sites for hydroxylation is 1. The Labute approximate surface area is 170 Å². The quantitative estimate of drug-likeness (QED) is 0.746. The number of rotatable bonds is 2. The number of Topliss-reactive ketones (excluding diaryl/α,β-unsaturated/α-hetero) is 1. The van der Waals surface area contributed by atoms with E-state index in [9.17, 15) is 4.79 Å². The molecule has 2 aliphatic rings. The van der Waals surface area contributed by atoms with Crippen LogP contribution in [-0.2, 0) is 23.7 Å². The van der Waals surface area contributed by atoms with E-state index in [1.54, 1.807) is 6.33 Å². The zero-order valence-corrected chi connectivity index (χ0v) is 18.7. The molecular formula is C22H37N5O. The Bertz CT molecular complexity index is 882. The normalized spacial score (nSPS) is 25.8. The van der Waals surface area contributed by atoms with Crippen LogP contribution in [0.25, 0.3) is 11.5 Å². The number of ketones is 1. The van der Waals surface area contributed by atoms with Crippen LogP contribution in [0.15, 0.2) is 6.33 Å². The largest absolute Gasteiger partial charge is 0.299 e. The van der Waals surface area contributed by atoms with Gasteiger partial charge in [-0.3, -0.25) is 9.48 Å².